The van der Waals surface area contributed by atoms with Gasteiger partial charge in [-0.25, -0.2) is 4.98 Å². The van der Waals surface area contributed by atoms with Gasteiger partial charge >= 0.3 is 0 Å². The van der Waals surface area contributed by atoms with Crippen LogP contribution in [-0.4, -0.2) is 39.4 Å². The number of aromatic nitrogens is 2. The third kappa shape index (κ3) is 5.95. The standard InChI is InChI=1S/C24H27ClN4O3/c1-3-28(15-21(30)26-14-18-9-11-19(25)12-10-18)22(31)8-5-13-29-16-27-23-17(2)6-4-7-20(23)24(29)32/h4,6-7,9-12,16H,3,5,8,13-15H2,1-2H3,(H,26,30). The van der Waals surface area contributed by atoms with E-state index in [9.17, 15) is 14.4 Å². The number of likely N-dealkylation sites (N-methyl/N-ethyl adjacent to an activating group) is 1. The molecule has 0 fully saturated rings. The van der Waals surface area contributed by atoms with Gasteiger partial charge in [0.15, 0.2) is 0 Å². The van der Waals surface area contributed by atoms with Gasteiger partial charge in [0.2, 0.25) is 11.8 Å². The third-order valence-corrected chi connectivity index (χ3v) is 5.57. The van der Waals surface area contributed by atoms with Crippen molar-refractivity contribution in [2.75, 3.05) is 13.1 Å². The fourth-order valence-corrected chi connectivity index (χ4v) is 3.59. The van der Waals surface area contributed by atoms with Crippen molar-refractivity contribution in [3.05, 3.63) is 75.3 Å². The molecule has 3 rings (SSSR count). The molecule has 0 unspecified atom stereocenters. The number of benzene rings is 2. The molecule has 0 bridgehead atoms. The van der Waals surface area contributed by atoms with Crippen molar-refractivity contribution in [1.82, 2.24) is 19.8 Å². The molecule has 1 N–H and O–H groups in total. The first kappa shape index (κ1) is 23.5. The Bertz CT molecular complexity index is 1160. The molecule has 0 radical (unpaired) electrons. The van der Waals surface area contributed by atoms with E-state index in [1.165, 1.54) is 15.8 Å². The Morgan fingerprint density at radius 3 is 2.62 bits per heavy atom. The van der Waals surface area contributed by atoms with E-state index in [0.29, 0.717) is 42.0 Å². The van der Waals surface area contributed by atoms with Crippen molar-refractivity contribution in [2.45, 2.75) is 39.8 Å². The number of hydrogen-bond acceptors (Lipinski definition) is 4. The number of rotatable bonds is 9. The van der Waals surface area contributed by atoms with Crippen LogP contribution in [0.15, 0.2) is 53.6 Å². The summed E-state index contributed by atoms with van der Waals surface area (Å²) in [4.78, 5) is 43.4. The van der Waals surface area contributed by atoms with Crippen LogP contribution >= 0.6 is 11.6 Å². The number of amides is 2. The van der Waals surface area contributed by atoms with Crippen LogP contribution in [0.25, 0.3) is 10.9 Å². The number of fused-ring (bicyclic) bond motifs is 1. The second-order valence-electron chi connectivity index (χ2n) is 7.63. The molecule has 0 aliphatic heterocycles. The maximum Gasteiger partial charge on any atom is 0.261 e. The summed E-state index contributed by atoms with van der Waals surface area (Å²) in [6.45, 7) is 4.96. The number of hydrogen-bond donors (Lipinski definition) is 1. The molecule has 0 atom stereocenters. The minimum absolute atomic E-state index is 0.000319. The van der Waals surface area contributed by atoms with E-state index in [0.717, 1.165) is 11.1 Å². The van der Waals surface area contributed by atoms with Crippen molar-refractivity contribution in [2.24, 2.45) is 0 Å². The first-order valence-electron chi connectivity index (χ1n) is 10.6. The lowest BCUT2D eigenvalue weighted by Crippen LogP contribution is -2.40. The Morgan fingerprint density at radius 1 is 1.16 bits per heavy atom. The second kappa shape index (κ2) is 10.9. The summed E-state index contributed by atoms with van der Waals surface area (Å²) in [5.74, 6) is -0.341. The molecule has 2 amide bonds. The molecule has 3 aromatic rings. The van der Waals surface area contributed by atoms with Gasteiger partial charge in [-0.05, 0) is 49.6 Å². The molecule has 0 saturated carbocycles. The highest BCUT2D eigenvalue weighted by atomic mass is 35.5. The molecular formula is C24H27ClN4O3. The highest BCUT2D eigenvalue weighted by Gasteiger charge is 2.15. The van der Waals surface area contributed by atoms with Gasteiger partial charge in [0.05, 0.1) is 23.8 Å². The molecule has 1 aromatic heterocycles. The largest absolute Gasteiger partial charge is 0.350 e. The van der Waals surface area contributed by atoms with E-state index in [1.54, 1.807) is 18.2 Å². The minimum Gasteiger partial charge on any atom is -0.350 e. The van der Waals surface area contributed by atoms with Gasteiger partial charge in [-0.2, -0.15) is 0 Å². The van der Waals surface area contributed by atoms with Gasteiger partial charge in [0.1, 0.15) is 0 Å². The van der Waals surface area contributed by atoms with Crippen LogP contribution in [0.3, 0.4) is 0 Å². The SMILES string of the molecule is CCN(CC(=O)NCc1ccc(Cl)cc1)C(=O)CCCn1cnc2c(C)cccc2c1=O. The molecule has 0 aliphatic rings. The first-order chi connectivity index (χ1) is 15.4. The van der Waals surface area contributed by atoms with Crippen LogP contribution in [0.2, 0.25) is 5.02 Å². The Morgan fingerprint density at radius 2 is 1.91 bits per heavy atom. The predicted molar refractivity (Wildman–Crippen MR) is 126 cm³/mol. The number of nitrogens with one attached hydrogen (secondary N) is 1. The maximum atomic E-state index is 12.7. The lowest BCUT2D eigenvalue weighted by molar-refractivity contribution is -0.136. The van der Waals surface area contributed by atoms with Gasteiger partial charge in [-0.15, -0.1) is 0 Å². The van der Waals surface area contributed by atoms with E-state index in [2.05, 4.69) is 10.3 Å². The minimum atomic E-state index is -0.222. The molecule has 7 nitrogen and oxygen atoms in total. The fourth-order valence-electron chi connectivity index (χ4n) is 3.46. The summed E-state index contributed by atoms with van der Waals surface area (Å²) in [5, 5.41) is 4.03. The lowest BCUT2D eigenvalue weighted by Gasteiger charge is -2.20. The lowest BCUT2D eigenvalue weighted by atomic mass is 10.1. The second-order valence-corrected chi connectivity index (χ2v) is 8.07. The van der Waals surface area contributed by atoms with Crippen LogP contribution in [0.5, 0.6) is 0 Å². The number of halogens is 1. The van der Waals surface area contributed by atoms with Gasteiger partial charge in [0, 0.05) is 31.1 Å². The molecule has 0 aliphatic carbocycles. The summed E-state index contributed by atoms with van der Waals surface area (Å²) < 4.78 is 1.53. The van der Waals surface area contributed by atoms with Gasteiger partial charge in [0.25, 0.3) is 5.56 Å². The van der Waals surface area contributed by atoms with Crippen LogP contribution < -0.4 is 10.9 Å². The zero-order valence-corrected chi connectivity index (χ0v) is 19.1. The van der Waals surface area contributed by atoms with Gasteiger partial charge < -0.3 is 10.2 Å². The third-order valence-electron chi connectivity index (χ3n) is 5.32. The van der Waals surface area contributed by atoms with Crippen molar-refractivity contribution in [3.63, 3.8) is 0 Å². The van der Waals surface area contributed by atoms with Crippen molar-refractivity contribution in [3.8, 4) is 0 Å². The smallest absolute Gasteiger partial charge is 0.261 e. The molecule has 0 spiro atoms. The van der Waals surface area contributed by atoms with Gasteiger partial charge in [-0.1, -0.05) is 35.9 Å². The number of aryl methyl sites for hydroxylation is 2. The Kier molecular flexibility index (Phi) is 8.00. The monoisotopic (exact) mass is 454 g/mol. The Balaban J connectivity index is 1.50. The summed E-state index contributed by atoms with van der Waals surface area (Å²) in [6.07, 6.45) is 2.27. The highest BCUT2D eigenvalue weighted by Crippen LogP contribution is 2.12. The van der Waals surface area contributed by atoms with E-state index >= 15 is 0 Å². The molecule has 168 valence electrons. The molecule has 1 heterocycles. The first-order valence-corrected chi connectivity index (χ1v) is 11.0. The number of carbonyl (C=O) groups is 2. The summed E-state index contributed by atoms with van der Waals surface area (Å²) in [5.41, 5.74) is 2.48. The van der Waals surface area contributed by atoms with Crippen LogP contribution in [-0.2, 0) is 22.7 Å². The number of carbonyl (C=O) groups excluding carboxylic acids is 2. The molecule has 0 saturated heterocycles. The molecule has 8 heteroatoms. The van der Waals surface area contributed by atoms with Crippen molar-refractivity contribution >= 4 is 34.3 Å². The number of nitrogens with zero attached hydrogens (tertiary/aromatic N) is 3. The Labute approximate surface area is 192 Å². The van der Waals surface area contributed by atoms with E-state index in [1.807, 2.05) is 38.1 Å². The van der Waals surface area contributed by atoms with Gasteiger partial charge in [-0.3, -0.25) is 19.0 Å². The average Bonchev–Trinajstić information content (AvgIpc) is 2.79. The van der Waals surface area contributed by atoms with E-state index in [4.69, 9.17) is 11.6 Å². The van der Waals surface area contributed by atoms with Crippen molar-refractivity contribution in [1.29, 1.82) is 0 Å². The molecular weight excluding hydrogens is 428 g/mol. The van der Waals surface area contributed by atoms with Crippen LogP contribution in [0.1, 0.15) is 30.9 Å². The van der Waals surface area contributed by atoms with Crippen LogP contribution in [0, 0.1) is 6.92 Å². The summed E-state index contributed by atoms with van der Waals surface area (Å²) in [7, 11) is 0. The molecule has 2 aromatic carbocycles. The maximum absolute atomic E-state index is 12.7. The fraction of sp³-hybridized carbons (Fsp3) is 0.333. The summed E-state index contributed by atoms with van der Waals surface area (Å²) >= 11 is 5.86. The van der Waals surface area contributed by atoms with Crippen LogP contribution in [0.4, 0.5) is 0 Å². The number of para-hydroxylation sites is 1. The van der Waals surface area contributed by atoms with Crippen molar-refractivity contribution < 1.29 is 9.59 Å². The predicted octanol–water partition coefficient (Wildman–Crippen LogP) is 3.30. The zero-order chi connectivity index (χ0) is 23.1. The van der Waals surface area contributed by atoms with E-state index < -0.39 is 0 Å². The molecule has 32 heavy (non-hydrogen) atoms. The average molecular weight is 455 g/mol. The normalized spacial score (nSPS) is 10.8. The zero-order valence-electron chi connectivity index (χ0n) is 18.3. The quantitative estimate of drug-likeness (QED) is 0.537. The topological polar surface area (TPSA) is 84.3 Å². The Hall–Kier alpha value is -3.19. The van der Waals surface area contributed by atoms with E-state index in [-0.39, 0.29) is 30.3 Å². The highest BCUT2D eigenvalue weighted by molar-refractivity contribution is 6.30. The summed E-state index contributed by atoms with van der Waals surface area (Å²) in [6, 6.07) is 12.7.